The van der Waals surface area contributed by atoms with E-state index < -0.39 is 5.41 Å². The molecule has 0 bridgehead atoms. The fourth-order valence-corrected chi connectivity index (χ4v) is 5.14. The fourth-order valence-electron chi connectivity index (χ4n) is 3.97. The van der Waals surface area contributed by atoms with E-state index in [-0.39, 0.29) is 11.9 Å². The van der Waals surface area contributed by atoms with E-state index in [1.165, 1.54) is 7.11 Å². The Hall–Kier alpha value is -1.20. The quantitative estimate of drug-likeness (QED) is 0.730. The summed E-state index contributed by atoms with van der Waals surface area (Å²) in [5.41, 5.74) is 0.692. The number of carbonyl (C=O) groups is 2. The van der Waals surface area contributed by atoms with E-state index in [9.17, 15) is 9.59 Å². The number of benzene rings is 1. The number of methoxy groups -OCH3 is 1. The van der Waals surface area contributed by atoms with Gasteiger partial charge < -0.3 is 9.64 Å². The number of likely N-dealkylation sites (tertiary alicyclic amines) is 1. The van der Waals surface area contributed by atoms with Gasteiger partial charge in [0, 0.05) is 23.4 Å². The van der Waals surface area contributed by atoms with Crippen molar-refractivity contribution >= 4 is 35.2 Å². The molecule has 1 unspecified atom stereocenters. The van der Waals surface area contributed by atoms with Gasteiger partial charge >= 0.3 is 5.97 Å². The number of hydrogen-bond acceptors (Lipinski definition) is 4. The lowest BCUT2D eigenvalue weighted by Crippen LogP contribution is -2.44. The van der Waals surface area contributed by atoms with Crippen LogP contribution in [-0.2, 0) is 19.7 Å². The van der Waals surface area contributed by atoms with Crippen molar-refractivity contribution in [3.63, 3.8) is 0 Å². The highest BCUT2D eigenvalue weighted by Crippen LogP contribution is 2.43. The van der Waals surface area contributed by atoms with Gasteiger partial charge in [-0.3, -0.25) is 9.59 Å². The van der Waals surface area contributed by atoms with Crippen LogP contribution in [0.1, 0.15) is 37.7 Å². The number of amides is 1. The zero-order valence-corrected chi connectivity index (χ0v) is 16.1. The van der Waals surface area contributed by atoms with Crippen molar-refractivity contribution in [2.45, 2.75) is 42.8 Å². The number of hydrogen-bond donors (Lipinski definition) is 0. The van der Waals surface area contributed by atoms with Gasteiger partial charge in [0.1, 0.15) is 0 Å². The minimum atomic E-state index is -0.396. The molecule has 0 aromatic heterocycles. The molecule has 1 saturated heterocycles. The standard InChI is InChI=1S/C19H24ClNO3S/c1-24-17(22)13-25-16-8-11-21(12-16)18(23)19(9-2-3-10-19)14-4-6-15(20)7-5-14/h4-7,16H,2-3,8-13H2,1H3. The second kappa shape index (κ2) is 8.00. The summed E-state index contributed by atoms with van der Waals surface area (Å²) in [7, 11) is 1.41. The summed E-state index contributed by atoms with van der Waals surface area (Å²) in [5.74, 6) is 0.391. The molecule has 4 nitrogen and oxygen atoms in total. The normalized spacial score (nSPS) is 22.2. The van der Waals surface area contributed by atoms with E-state index in [2.05, 4.69) is 0 Å². The second-order valence-corrected chi connectivity index (χ2v) is 8.57. The number of ether oxygens (including phenoxy) is 1. The molecular formula is C19H24ClNO3S. The van der Waals surface area contributed by atoms with Gasteiger partial charge in [0.15, 0.2) is 0 Å². The molecule has 1 aromatic carbocycles. The Balaban J connectivity index is 1.70. The SMILES string of the molecule is COC(=O)CSC1CCN(C(=O)C2(c3ccc(Cl)cc3)CCCC2)C1. The van der Waals surface area contributed by atoms with Crippen LogP contribution in [0.15, 0.2) is 24.3 Å². The minimum absolute atomic E-state index is 0.205. The first kappa shape index (κ1) is 18.6. The molecule has 136 valence electrons. The van der Waals surface area contributed by atoms with E-state index in [1.807, 2.05) is 29.2 Å². The molecule has 0 radical (unpaired) electrons. The van der Waals surface area contributed by atoms with Crippen molar-refractivity contribution in [3.05, 3.63) is 34.9 Å². The van der Waals surface area contributed by atoms with Crippen LogP contribution < -0.4 is 0 Å². The van der Waals surface area contributed by atoms with E-state index in [0.29, 0.717) is 16.0 Å². The lowest BCUT2D eigenvalue weighted by molar-refractivity contribution is -0.137. The Kier molecular flexibility index (Phi) is 5.95. The summed E-state index contributed by atoms with van der Waals surface area (Å²) in [5, 5.41) is 1.01. The lowest BCUT2D eigenvalue weighted by Gasteiger charge is -2.33. The van der Waals surface area contributed by atoms with Gasteiger partial charge in [0.2, 0.25) is 5.91 Å². The summed E-state index contributed by atoms with van der Waals surface area (Å²) in [4.78, 5) is 26.7. The maximum Gasteiger partial charge on any atom is 0.315 e. The lowest BCUT2D eigenvalue weighted by atomic mass is 9.77. The number of rotatable bonds is 5. The molecule has 1 aliphatic carbocycles. The minimum Gasteiger partial charge on any atom is -0.468 e. The Bertz CT molecular complexity index is 628. The average molecular weight is 382 g/mol. The third-order valence-corrected chi connectivity index (χ3v) is 6.87. The summed E-state index contributed by atoms with van der Waals surface area (Å²) in [6, 6.07) is 7.77. The molecule has 1 atom stereocenters. The zero-order valence-electron chi connectivity index (χ0n) is 14.5. The molecule has 3 rings (SSSR count). The topological polar surface area (TPSA) is 46.6 Å². The number of carbonyl (C=O) groups excluding carboxylic acids is 2. The number of nitrogens with zero attached hydrogens (tertiary/aromatic N) is 1. The van der Waals surface area contributed by atoms with Gasteiger partial charge in [-0.15, -0.1) is 11.8 Å². The van der Waals surface area contributed by atoms with Crippen LogP contribution in [0.4, 0.5) is 0 Å². The first-order valence-corrected chi connectivity index (χ1v) is 10.2. The van der Waals surface area contributed by atoms with Crippen LogP contribution in [0.25, 0.3) is 0 Å². The molecule has 25 heavy (non-hydrogen) atoms. The second-order valence-electron chi connectivity index (χ2n) is 6.85. The van der Waals surface area contributed by atoms with Gasteiger partial charge in [-0.1, -0.05) is 36.6 Å². The van der Waals surface area contributed by atoms with E-state index >= 15 is 0 Å². The van der Waals surface area contributed by atoms with Crippen molar-refractivity contribution in [2.24, 2.45) is 0 Å². The molecule has 0 N–H and O–H groups in total. The van der Waals surface area contributed by atoms with Crippen molar-refractivity contribution in [3.8, 4) is 0 Å². The predicted molar refractivity (Wildman–Crippen MR) is 101 cm³/mol. The monoisotopic (exact) mass is 381 g/mol. The molecular weight excluding hydrogens is 358 g/mol. The van der Waals surface area contributed by atoms with Crippen molar-refractivity contribution in [2.75, 3.05) is 26.0 Å². The third-order valence-electron chi connectivity index (χ3n) is 5.36. The van der Waals surface area contributed by atoms with Gasteiger partial charge in [0.05, 0.1) is 18.3 Å². The summed E-state index contributed by atoms with van der Waals surface area (Å²) >= 11 is 7.62. The molecule has 0 spiro atoms. The highest BCUT2D eigenvalue weighted by atomic mass is 35.5. The number of halogens is 1. The zero-order chi connectivity index (χ0) is 17.9. The number of thioether (sulfide) groups is 1. The van der Waals surface area contributed by atoms with E-state index in [1.54, 1.807) is 11.8 Å². The van der Waals surface area contributed by atoms with Gasteiger partial charge in [0.25, 0.3) is 0 Å². The Morgan fingerprint density at radius 2 is 1.96 bits per heavy atom. The maximum absolute atomic E-state index is 13.4. The summed E-state index contributed by atoms with van der Waals surface area (Å²) < 4.78 is 4.70. The largest absolute Gasteiger partial charge is 0.468 e. The first-order chi connectivity index (χ1) is 12.0. The van der Waals surface area contributed by atoms with Gasteiger partial charge in [-0.2, -0.15) is 0 Å². The van der Waals surface area contributed by atoms with Crippen LogP contribution in [0.3, 0.4) is 0 Å². The molecule has 2 fully saturated rings. The Labute approximate surface area is 158 Å². The third kappa shape index (κ3) is 3.98. The maximum atomic E-state index is 13.4. The smallest absolute Gasteiger partial charge is 0.315 e. The summed E-state index contributed by atoms with van der Waals surface area (Å²) in [6.45, 7) is 1.49. The van der Waals surface area contributed by atoms with Gasteiger partial charge in [-0.05, 0) is 37.0 Å². The molecule has 6 heteroatoms. The highest BCUT2D eigenvalue weighted by molar-refractivity contribution is 8.00. The fraction of sp³-hybridized carbons (Fsp3) is 0.579. The van der Waals surface area contributed by atoms with Crippen molar-refractivity contribution in [1.29, 1.82) is 0 Å². The molecule has 1 heterocycles. The van der Waals surface area contributed by atoms with Crippen LogP contribution in [0.5, 0.6) is 0 Å². The predicted octanol–water partition coefficient (Wildman–Crippen LogP) is 3.66. The highest BCUT2D eigenvalue weighted by Gasteiger charge is 2.46. The van der Waals surface area contributed by atoms with Crippen molar-refractivity contribution in [1.82, 2.24) is 4.90 Å². The Morgan fingerprint density at radius 3 is 2.60 bits per heavy atom. The van der Waals surface area contributed by atoms with Crippen LogP contribution in [0.2, 0.25) is 5.02 Å². The van der Waals surface area contributed by atoms with Crippen LogP contribution in [0, 0.1) is 0 Å². The molecule has 1 aromatic rings. The molecule has 1 saturated carbocycles. The number of esters is 1. The average Bonchev–Trinajstić information content (AvgIpc) is 3.30. The van der Waals surface area contributed by atoms with E-state index in [0.717, 1.165) is 50.8 Å². The first-order valence-electron chi connectivity index (χ1n) is 8.79. The molecule has 2 aliphatic rings. The summed E-state index contributed by atoms with van der Waals surface area (Å²) in [6.07, 6.45) is 4.92. The molecule has 1 amide bonds. The van der Waals surface area contributed by atoms with Gasteiger partial charge in [-0.25, -0.2) is 0 Å². The van der Waals surface area contributed by atoms with E-state index in [4.69, 9.17) is 16.3 Å². The van der Waals surface area contributed by atoms with Crippen LogP contribution in [-0.4, -0.2) is 48.0 Å². The Morgan fingerprint density at radius 1 is 1.28 bits per heavy atom. The molecule has 1 aliphatic heterocycles. The van der Waals surface area contributed by atoms with Crippen molar-refractivity contribution < 1.29 is 14.3 Å². The van der Waals surface area contributed by atoms with Crippen LogP contribution >= 0.6 is 23.4 Å².